The molecular weight excluding hydrogens is 438 g/mol. The fraction of sp³-hybridized carbons (Fsp3) is 0.308. The van der Waals surface area contributed by atoms with Crippen molar-refractivity contribution in [2.24, 2.45) is 0 Å². The zero-order valence-corrected chi connectivity index (χ0v) is 19.9. The maximum Gasteiger partial charge on any atom is 0.327 e. The molecule has 172 valence electrons. The quantitative estimate of drug-likeness (QED) is 0.577. The van der Waals surface area contributed by atoms with Crippen LogP contribution in [0.2, 0.25) is 0 Å². The first-order valence-electron chi connectivity index (χ1n) is 10.7. The van der Waals surface area contributed by atoms with E-state index in [1.54, 1.807) is 19.1 Å². The summed E-state index contributed by atoms with van der Waals surface area (Å²) in [4.78, 5) is 26.7. The van der Waals surface area contributed by atoms with E-state index in [1.165, 1.54) is 14.2 Å². The van der Waals surface area contributed by atoms with Gasteiger partial charge >= 0.3 is 11.9 Å². The minimum Gasteiger partial charge on any atom is -0.468 e. The average molecular weight is 466 g/mol. The number of esters is 2. The highest BCUT2D eigenvalue weighted by Gasteiger charge is 2.65. The Kier molecular flexibility index (Phi) is 6.12. The first-order chi connectivity index (χ1) is 15.7. The van der Waals surface area contributed by atoms with Gasteiger partial charge in [0.2, 0.25) is 0 Å². The molecule has 3 aromatic rings. The highest BCUT2D eigenvalue weighted by atomic mass is 32.2. The summed E-state index contributed by atoms with van der Waals surface area (Å²) >= 11 is 0. The average Bonchev–Trinajstić information content (AvgIpc) is 3.18. The number of nitrogens with one attached hydrogen (secondary N) is 1. The van der Waals surface area contributed by atoms with E-state index < -0.39 is 39.1 Å². The third kappa shape index (κ3) is 3.85. The molecule has 0 spiro atoms. The van der Waals surface area contributed by atoms with E-state index in [9.17, 15) is 13.8 Å². The normalized spacial score (nSPS) is 25.5. The van der Waals surface area contributed by atoms with Crippen molar-refractivity contribution in [1.82, 2.24) is 5.32 Å². The summed E-state index contributed by atoms with van der Waals surface area (Å²) < 4.78 is 22.9. The Morgan fingerprint density at radius 3 is 2.21 bits per heavy atom. The van der Waals surface area contributed by atoms with Crippen LogP contribution in [0.15, 0.2) is 71.6 Å². The molecule has 6 nitrogen and oxygen atoms in total. The number of carbonyl (C=O) groups excluding carboxylic acids is 2. The summed E-state index contributed by atoms with van der Waals surface area (Å²) in [6, 6.07) is 20.1. The number of benzene rings is 3. The van der Waals surface area contributed by atoms with Crippen LogP contribution in [0.1, 0.15) is 30.5 Å². The lowest BCUT2D eigenvalue weighted by Crippen LogP contribution is -2.48. The van der Waals surface area contributed by atoms with Crippen LogP contribution in [0.5, 0.6) is 0 Å². The van der Waals surface area contributed by atoms with Crippen LogP contribution in [-0.2, 0) is 29.9 Å². The summed E-state index contributed by atoms with van der Waals surface area (Å²) in [5.74, 6) is -1.17. The lowest BCUT2D eigenvalue weighted by Gasteiger charge is -2.31. The number of carbonyl (C=O) groups is 2. The van der Waals surface area contributed by atoms with Crippen molar-refractivity contribution in [1.29, 1.82) is 0 Å². The molecule has 4 rings (SSSR count). The summed E-state index contributed by atoms with van der Waals surface area (Å²) in [6.45, 7) is 3.61. The highest BCUT2D eigenvalue weighted by Crippen LogP contribution is 2.48. The monoisotopic (exact) mass is 465 g/mol. The SMILES string of the molecule is COC(=O)[C@]1(C)C[C@](C(=O)OC)(S(=O)c2ccc(C)cc2)[C@@H](c2ccc3ccccc3c2)N1. The minimum absolute atomic E-state index is 0.0443. The number of rotatable bonds is 5. The second-order valence-corrected chi connectivity index (χ2v) is 10.4. The Morgan fingerprint density at radius 2 is 1.58 bits per heavy atom. The van der Waals surface area contributed by atoms with Gasteiger partial charge in [0, 0.05) is 11.3 Å². The number of ether oxygens (including phenoxy) is 2. The van der Waals surface area contributed by atoms with Crippen LogP contribution in [0.3, 0.4) is 0 Å². The fourth-order valence-corrected chi connectivity index (χ4v) is 6.56. The number of fused-ring (bicyclic) bond motifs is 1. The maximum atomic E-state index is 14.1. The van der Waals surface area contributed by atoms with E-state index in [1.807, 2.05) is 61.5 Å². The first-order valence-corrected chi connectivity index (χ1v) is 11.8. The van der Waals surface area contributed by atoms with Crippen molar-refractivity contribution in [3.63, 3.8) is 0 Å². The standard InChI is InChI=1S/C26H27NO5S/c1-17-9-13-21(14-10-17)33(30)26(24(29)32-4)16-25(2,23(28)31-3)27-22(26)20-12-11-18-7-5-6-8-19(18)15-20/h5-15,22,27H,16H2,1-4H3/t22-,25+,26+,33?/m1/s1. The maximum absolute atomic E-state index is 14.1. The molecule has 0 aliphatic carbocycles. The van der Waals surface area contributed by atoms with Gasteiger partial charge in [0.15, 0.2) is 4.75 Å². The predicted molar refractivity (Wildman–Crippen MR) is 127 cm³/mol. The van der Waals surface area contributed by atoms with E-state index in [-0.39, 0.29) is 6.42 Å². The van der Waals surface area contributed by atoms with Crippen molar-refractivity contribution < 1.29 is 23.3 Å². The van der Waals surface area contributed by atoms with E-state index >= 15 is 0 Å². The van der Waals surface area contributed by atoms with Gasteiger partial charge in [-0.3, -0.25) is 19.1 Å². The molecule has 1 fully saturated rings. The fourth-order valence-electron chi connectivity index (χ4n) is 4.69. The van der Waals surface area contributed by atoms with E-state index in [0.29, 0.717) is 4.90 Å². The van der Waals surface area contributed by atoms with Crippen molar-refractivity contribution in [3.05, 3.63) is 77.9 Å². The molecule has 0 radical (unpaired) electrons. The summed E-state index contributed by atoms with van der Waals surface area (Å²) in [5, 5.41) is 5.31. The molecule has 7 heteroatoms. The second-order valence-electron chi connectivity index (χ2n) is 8.65. The minimum atomic E-state index is -1.83. The van der Waals surface area contributed by atoms with Crippen LogP contribution in [0.25, 0.3) is 10.8 Å². The van der Waals surface area contributed by atoms with Gasteiger partial charge in [-0.05, 0) is 48.4 Å². The van der Waals surface area contributed by atoms with Gasteiger partial charge < -0.3 is 9.47 Å². The Morgan fingerprint density at radius 1 is 0.939 bits per heavy atom. The van der Waals surface area contributed by atoms with Crippen molar-refractivity contribution in [3.8, 4) is 0 Å². The topological polar surface area (TPSA) is 81.7 Å². The first kappa shape index (κ1) is 23.1. The van der Waals surface area contributed by atoms with E-state index in [4.69, 9.17) is 9.47 Å². The molecule has 0 aromatic heterocycles. The molecule has 0 saturated carbocycles. The Bertz CT molecular complexity index is 1240. The van der Waals surface area contributed by atoms with Crippen LogP contribution in [-0.4, -0.2) is 40.7 Å². The van der Waals surface area contributed by atoms with Crippen LogP contribution >= 0.6 is 0 Å². The predicted octanol–water partition coefficient (Wildman–Crippen LogP) is 3.83. The van der Waals surface area contributed by atoms with Gasteiger partial charge in [0.05, 0.1) is 31.1 Å². The van der Waals surface area contributed by atoms with Gasteiger partial charge in [-0.1, -0.05) is 54.1 Å². The van der Waals surface area contributed by atoms with Crippen molar-refractivity contribution in [2.45, 2.75) is 41.5 Å². The van der Waals surface area contributed by atoms with Crippen LogP contribution in [0, 0.1) is 6.92 Å². The largest absolute Gasteiger partial charge is 0.468 e. The number of hydrogen-bond acceptors (Lipinski definition) is 6. The molecule has 0 bridgehead atoms. The number of hydrogen-bond donors (Lipinski definition) is 1. The lowest BCUT2D eigenvalue weighted by molar-refractivity contribution is -0.147. The molecule has 1 unspecified atom stereocenters. The smallest absolute Gasteiger partial charge is 0.327 e. The molecule has 1 heterocycles. The van der Waals surface area contributed by atoms with E-state index in [2.05, 4.69) is 5.32 Å². The number of methoxy groups -OCH3 is 2. The zero-order chi connectivity index (χ0) is 23.8. The van der Waals surface area contributed by atoms with Gasteiger partial charge in [0.1, 0.15) is 5.54 Å². The Hall–Kier alpha value is -3.03. The molecule has 4 atom stereocenters. The van der Waals surface area contributed by atoms with Crippen molar-refractivity contribution >= 4 is 33.5 Å². The summed E-state index contributed by atoms with van der Waals surface area (Å²) in [5.41, 5.74) is 0.518. The molecule has 33 heavy (non-hydrogen) atoms. The zero-order valence-electron chi connectivity index (χ0n) is 19.1. The third-order valence-corrected chi connectivity index (χ3v) is 8.29. The molecule has 1 saturated heterocycles. The molecule has 1 aliphatic rings. The van der Waals surface area contributed by atoms with Crippen LogP contribution in [0.4, 0.5) is 0 Å². The summed E-state index contributed by atoms with van der Waals surface area (Å²) in [7, 11) is 0.751. The van der Waals surface area contributed by atoms with Crippen molar-refractivity contribution in [2.75, 3.05) is 14.2 Å². The summed E-state index contributed by atoms with van der Waals surface area (Å²) in [6.07, 6.45) is -0.0443. The van der Waals surface area contributed by atoms with Gasteiger partial charge in [-0.15, -0.1) is 0 Å². The second kappa shape index (κ2) is 8.72. The van der Waals surface area contributed by atoms with Gasteiger partial charge in [0.25, 0.3) is 0 Å². The Balaban J connectivity index is 1.94. The number of aryl methyl sites for hydroxylation is 1. The van der Waals surface area contributed by atoms with Gasteiger partial charge in [-0.25, -0.2) is 0 Å². The Labute approximate surface area is 195 Å². The van der Waals surface area contributed by atoms with Gasteiger partial charge in [-0.2, -0.15) is 0 Å². The molecular formula is C26H27NO5S. The van der Waals surface area contributed by atoms with Crippen LogP contribution < -0.4 is 5.32 Å². The lowest BCUT2D eigenvalue weighted by atomic mass is 9.88. The molecule has 1 N–H and O–H groups in total. The third-order valence-electron chi connectivity index (χ3n) is 6.38. The molecule has 1 aliphatic heterocycles. The molecule has 0 amide bonds. The highest BCUT2D eigenvalue weighted by molar-refractivity contribution is 7.87. The molecule has 3 aromatic carbocycles. The van der Waals surface area contributed by atoms with E-state index in [0.717, 1.165) is 21.9 Å².